The maximum absolute atomic E-state index is 12.2. The van der Waals surface area contributed by atoms with E-state index in [1.807, 2.05) is 13.8 Å². The molecule has 456 valence electrons. The van der Waals surface area contributed by atoms with Gasteiger partial charge in [0.05, 0.1) is 39.3 Å². The summed E-state index contributed by atoms with van der Waals surface area (Å²) < 4.78 is 67.9. The van der Waals surface area contributed by atoms with Crippen LogP contribution in [0.4, 0.5) is 0 Å². The number of hydrogen-bond acceptors (Lipinski definition) is 24. The number of nitrogens with zero attached hydrogens (tertiary/aromatic N) is 28. The number of ether oxygens (including phenoxy) is 4. The number of tetrazole rings is 4. The molecule has 0 spiro atoms. The number of hydrogen-bond donors (Lipinski definition) is 4. The van der Waals surface area contributed by atoms with Gasteiger partial charge >= 0.3 is 22.8 Å². The molecule has 87 heavy (non-hydrogen) atoms. The Morgan fingerprint density at radius 2 is 0.793 bits per heavy atom. The van der Waals surface area contributed by atoms with Gasteiger partial charge in [-0.1, -0.05) is 6.92 Å². The van der Waals surface area contributed by atoms with E-state index in [2.05, 4.69) is 105 Å². The van der Waals surface area contributed by atoms with Crippen LogP contribution in [-0.2, 0) is 89.2 Å². The Bertz CT molecular complexity index is 4630. The van der Waals surface area contributed by atoms with Crippen LogP contribution in [0.15, 0.2) is 68.2 Å². The van der Waals surface area contributed by atoms with Crippen LogP contribution in [0.3, 0.4) is 0 Å². The maximum atomic E-state index is 12.2. The summed E-state index contributed by atoms with van der Waals surface area (Å²) in [6, 6.07) is 6.34. The normalized spacial score (nSPS) is 12.5. The zero-order valence-electron chi connectivity index (χ0n) is 52.1. The SMILES string of the molecule is [3H]n1ccc(OCc2c(C)nn(C)c2-n2nnn(C)c2=O)n1.[3H]n1ccc(OCc2c(C3CC3)nn(C)c2-n2nnn(C)c2=O)n1.[3H]n1ccc(OCc2c(CC)nn(C)c2-n2nnn(C)c2=O)n1.[3H]n1ccc(OCc2c(I)nn(C)c2-n2nnn(C)c2=O)n1. The second-order valence-corrected chi connectivity index (χ2v) is 19.9. The molecular formula is C46H57IN32O8. The summed E-state index contributed by atoms with van der Waals surface area (Å²) in [6.07, 6.45) is 8.67. The van der Waals surface area contributed by atoms with Gasteiger partial charge in [-0.25, -0.2) is 23.9 Å². The molecule has 40 nitrogen and oxygen atoms in total. The zero-order valence-corrected chi connectivity index (χ0v) is 50.3. The third-order valence-corrected chi connectivity index (χ3v) is 13.8. The average Bonchev–Trinajstić information content (AvgIpc) is 1.64. The van der Waals surface area contributed by atoms with E-state index in [1.54, 1.807) is 78.2 Å². The van der Waals surface area contributed by atoms with Gasteiger partial charge in [0.25, 0.3) is 0 Å². The minimum absolute atomic E-state index is 0.140. The molecule has 12 heterocycles. The van der Waals surface area contributed by atoms with Crippen LogP contribution >= 0.6 is 22.6 Å². The van der Waals surface area contributed by atoms with Gasteiger partial charge in [0.1, 0.15) is 30.1 Å². The van der Waals surface area contributed by atoms with Crippen LogP contribution in [0.25, 0.3) is 23.3 Å². The highest BCUT2D eigenvalue weighted by molar-refractivity contribution is 14.1. The quantitative estimate of drug-likeness (QED) is 0.0700. The monoisotopic (exact) mass is 1320 g/mol. The highest BCUT2D eigenvalue weighted by atomic mass is 127. The highest BCUT2D eigenvalue weighted by Crippen LogP contribution is 2.42. The lowest BCUT2D eigenvalue weighted by Gasteiger charge is -2.06. The molecule has 0 unspecified atom stereocenters. The van der Waals surface area contributed by atoms with Crippen LogP contribution in [0, 0.1) is 10.6 Å². The molecule has 1 saturated carbocycles. The fourth-order valence-corrected chi connectivity index (χ4v) is 9.30. The van der Waals surface area contributed by atoms with Crippen molar-refractivity contribution in [3.63, 3.8) is 0 Å². The minimum Gasteiger partial charge on any atom is -0.472 e. The molecular weight excluding hydrogens is 1260 g/mol. The van der Waals surface area contributed by atoms with Gasteiger partial charge in [0, 0.05) is 111 Å². The molecule has 0 aromatic carbocycles. The number of nitrogens with one attached hydrogen (secondary N) is 4. The van der Waals surface area contributed by atoms with E-state index in [0.717, 1.165) is 79.1 Å². The van der Waals surface area contributed by atoms with Gasteiger partial charge in [-0.15, -0.1) is 39.1 Å². The zero-order chi connectivity index (χ0) is 65.1. The number of halogens is 1. The summed E-state index contributed by atoms with van der Waals surface area (Å²) in [6.45, 7) is 4.41. The van der Waals surface area contributed by atoms with Gasteiger partial charge in [-0.2, -0.15) is 39.1 Å². The summed E-state index contributed by atoms with van der Waals surface area (Å²) in [4.78, 5) is 48.4. The largest absolute Gasteiger partial charge is 0.472 e. The molecule has 0 bridgehead atoms. The van der Waals surface area contributed by atoms with Crippen LogP contribution in [0.5, 0.6) is 23.5 Å². The first-order chi connectivity index (χ1) is 43.5. The molecule has 12 aromatic rings. The van der Waals surface area contributed by atoms with E-state index in [0.29, 0.717) is 79.7 Å². The number of aryl methyl sites for hydroxylation is 10. The Kier molecular flexibility index (Phi) is 15.9. The first-order valence-electron chi connectivity index (χ1n) is 27.8. The maximum Gasteiger partial charge on any atom is 0.369 e. The Balaban J connectivity index is 0.000000133. The van der Waals surface area contributed by atoms with Crippen LogP contribution in [-0.4, -0.2) is 159 Å². The van der Waals surface area contributed by atoms with E-state index >= 15 is 0 Å². The van der Waals surface area contributed by atoms with E-state index in [1.165, 1.54) is 60.0 Å². The van der Waals surface area contributed by atoms with Crippen molar-refractivity contribution in [2.24, 2.45) is 56.4 Å². The minimum atomic E-state index is -0.379. The van der Waals surface area contributed by atoms with Crippen LogP contribution < -0.4 is 41.7 Å². The molecule has 4 N–H and O–H groups in total. The topological polar surface area (TPSA) is 434 Å². The fourth-order valence-electron chi connectivity index (χ4n) is 8.58. The molecule has 0 saturated heterocycles. The molecule has 0 atom stereocenters. The standard InChI is InChI=1S/C13H16N8O2.C12H16N8O2.C11H14N8O2.C10H11IN8O2/c1-19-12(21-13(22)20(2)17-18-21)9(11(16-19)8-3-4-8)7-23-10-5-6-14-15-10;1-4-9-8(7-22-10-5-6-13-14-10)11(18(2)15-9)20-12(21)19(3)16-17-20;1-7-8(6-21-9-4-5-12-13-9)10(17(2)14-7)19-11(20)18(3)15-16-19;1-17-9(19-10(20)18(2)15-16-19)6(8(11)14-17)5-21-7-3-4-12-13-7/h5-6,8H,3-4,7H2,1-2H3,(H,14,15);5-6H,4,7H2,1-3H3,(H,13,14);4-5H,6H2,1-3H3,(H,12,13);3-4H,5H2,1-2H3,(H,12,13)/i/hT4. The molecule has 12 aromatic heterocycles. The van der Waals surface area contributed by atoms with E-state index in [9.17, 15) is 19.2 Å². The average molecular weight is 1320 g/mol. The van der Waals surface area contributed by atoms with Crippen molar-refractivity contribution < 1.29 is 24.6 Å². The second kappa shape index (κ2) is 25.5. The van der Waals surface area contributed by atoms with Crippen molar-refractivity contribution >= 4 is 22.6 Å². The van der Waals surface area contributed by atoms with Crippen molar-refractivity contribution in [2.75, 3.05) is 0 Å². The van der Waals surface area contributed by atoms with E-state index < -0.39 is 0 Å². The van der Waals surface area contributed by atoms with Crippen molar-refractivity contribution in [1.29, 1.82) is 0 Å². The lowest BCUT2D eigenvalue weighted by molar-refractivity contribution is 0.291. The van der Waals surface area contributed by atoms with E-state index in [-0.39, 0.29) is 49.2 Å². The summed E-state index contributed by atoms with van der Waals surface area (Å²) in [5, 5.41) is 66.9. The van der Waals surface area contributed by atoms with Gasteiger partial charge < -0.3 is 18.9 Å². The third kappa shape index (κ3) is 12.6. The van der Waals surface area contributed by atoms with Crippen molar-refractivity contribution in [2.45, 2.75) is 65.5 Å². The molecule has 1 aliphatic carbocycles. The molecule has 0 radical (unpaired) electrons. The van der Waals surface area contributed by atoms with Gasteiger partial charge in [-0.05, 0) is 90.5 Å². The summed E-state index contributed by atoms with van der Waals surface area (Å²) >= 11 is 2.06. The van der Waals surface area contributed by atoms with Crippen LogP contribution in [0.2, 0.25) is 5.65 Å². The van der Waals surface area contributed by atoms with Crippen molar-refractivity contribution in [3.8, 4) is 46.8 Å². The first-order valence-corrected chi connectivity index (χ1v) is 27.1. The second-order valence-electron chi connectivity index (χ2n) is 18.9. The highest BCUT2D eigenvalue weighted by Gasteiger charge is 2.33. The van der Waals surface area contributed by atoms with Crippen LogP contribution in [0.1, 0.15) is 65.0 Å². The first kappa shape index (κ1) is 54.1. The predicted octanol–water partition coefficient (Wildman–Crippen LogP) is -1.64. The third-order valence-electron chi connectivity index (χ3n) is 12.9. The lowest BCUT2D eigenvalue weighted by Crippen LogP contribution is -2.24. The van der Waals surface area contributed by atoms with Gasteiger partial charge in [-0.3, -0.25) is 34.4 Å². The molecule has 0 aliphatic heterocycles. The Morgan fingerprint density at radius 1 is 0.460 bits per heavy atom. The Hall–Kier alpha value is -10.9. The predicted molar refractivity (Wildman–Crippen MR) is 304 cm³/mol. The number of aromatic nitrogens is 32. The molecule has 13 rings (SSSR count). The number of aromatic amines is 4. The summed E-state index contributed by atoms with van der Waals surface area (Å²) in [5.74, 6) is 3.68. The smallest absolute Gasteiger partial charge is 0.369 e. The molecule has 0 amide bonds. The van der Waals surface area contributed by atoms with Gasteiger partial charge in [0.2, 0.25) is 23.5 Å². The Morgan fingerprint density at radius 3 is 1.16 bits per heavy atom. The number of H-pyrrole nitrogens is 4. The molecule has 1 aliphatic rings. The summed E-state index contributed by atoms with van der Waals surface area (Å²) in [5.41, 5.74) is 3.86. The van der Waals surface area contributed by atoms with Crippen molar-refractivity contribution in [3.05, 3.63) is 134 Å². The summed E-state index contributed by atoms with van der Waals surface area (Å²) in [7, 11) is 13.0. The Labute approximate surface area is 507 Å². The molecule has 41 heteroatoms. The molecule has 1 fully saturated rings. The van der Waals surface area contributed by atoms with Crippen molar-refractivity contribution in [1.82, 2.24) is 159 Å². The lowest BCUT2D eigenvalue weighted by atomic mass is 10.2. The van der Waals surface area contributed by atoms with Gasteiger partial charge in [0.15, 0.2) is 28.9 Å². The number of rotatable bonds is 18. The fraction of sp³-hybridized carbons (Fsp3) is 0.391. The van der Waals surface area contributed by atoms with E-state index in [4.69, 9.17) is 24.6 Å².